The molecule has 76 valence electrons. The zero-order valence-electron chi connectivity index (χ0n) is 8.14. The quantitative estimate of drug-likeness (QED) is 0.765. The molecule has 1 saturated carbocycles. The van der Waals surface area contributed by atoms with Crippen LogP contribution in [-0.2, 0) is 0 Å². The number of alkyl halides is 1. The van der Waals surface area contributed by atoms with Crippen LogP contribution < -0.4 is 5.73 Å². The first-order valence-electron chi connectivity index (χ1n) is 5.26. The van der Waals surface area contributed by atoms with Crippen LogP contribution in [0, 0.1) is 11.3 Å². The molecule has 1 saturated heterocycles. The van der Waals surface area contributed by atoms with Crippen molar-refractivity contribution in [3.05, 3.63) is 0 Å². The minimum atomic E-state index is 0.702. The van der Waals surface area contributed by atoms with Gasteiger partial charge in [0.05, 0.1) is 0 Å². The van der Waals surface area contributed by atoms with Crippen molar-refractivity contribution in [2.45, 2.75) is 19.3 Å². The van der Waals surface area contributed by atoms with E-state index in [1.54, 1.807) is 0 Å². The molecular weight excluding hydrogens is 228 g/mol. The molecular formula is C10H19BrN2. The van der Waals surface area contributed by atoms with E-state index in [4.69, 9.17) is 5.73 Å². The highest BCUT2D eigenvalue weighted by atomic mass is 79.9. The molecule has 2 fully saturated rings. The number of likely N-dealkylation sites (tertiary alicyclic amines) is 1. The molecule has 0 aromatic heterocycles. The Labute approximate surface area is 89.0 Å². The van der Waals surface area contributed by atoms with Crippen LogP contribution >= 0.6 is 15.9 Å². The maximum Gasteiger partial charge on any atom is 0.0105 e. The first-order valence-corrected chi connectivity index (χ1v) is 6.38. The van der Waals surface area contributed by atoms with E-state index in [9.17, 15) is 0 Å². The van der Waals surface area contributed by atoms with Crippen LogP contribution in [0.2, 0.25) is 0 Å². The average Bonchev–Trinajstić information content (AvgIpc) is 2.46. The van der Waals surface area contributed by atoms with Crippen molar-refractivity contribution >= 4 is 15.9 Å². The zero-order chi connectivity index (χ0) is 9.31. The second kappa shape index (κ2) is 3.87. The second-order valence-electron chi connectivity index (χ2n) is 4.74. The van der Waals surface area contributed by atoms with Gasteiger partial charge in [0.2, 0.25) is 0 Å². The standard InChI is InChI=1S/C10H19BrN2/c11-7-9-5-10(6-9)1-3-13(8-10)4-2-12/h9H,1-8,12H2. The van der Waals surface area contributed by atoms with Gasteiger partial charge in [-0.25, -0.2) is 0 Å². The molecule has 2 rings (SSSR count). The molecule has 0 amide bonds. The molecule has 1 heterocycles. The van der Waals surface area contributed by atoms with Gasteiger partial charge in [0.1, 0.15) is 0 Å². The lowest BCUT2D eigenvalue weighted by molar-refractivity contribution is 0.0789. The molecule has 1 aliphatic heterocycles. The fourth-order valence-electron chi connectivity index (χ4n) is 3.01. The minimum absolute atomic E-state index is 0.702. The van der Waals surface area contributed by atoms with Gasteiger partial charge >= 0.3 is 0 Å². The second-order valence-corrected chi connectivity index (χ2v) is 5.39. The highest BCUT2D eigenvalue weighted by Crippen LogP contribution is 2.51. The van der Waals surface area contributed by atoms with Gasteiger partial charge in [0, 0.05) is 25.0 Å². The predicted octanol–water partition coefficient (Wildman–Crippen LogP) is 1.44. The molecule has 0 bridgehead atoms. The third-order valence-corrected chi connectivity index (χ3v) is 4.54. The topological polar surface area (TPSA) is 29.3 Å². The third kappa shape index (κ3) is 1.92. The number of rotatable bonds is 3. The van der Waals surface area contributed by atoms with Crippen molar-refractivity contribution in [3.8, 4) is 0 Å². The van der Waals surface area contributed by atoms with Gasteiger partial charge in [-0.3, -0.25) is 0 Å². The van der Waals surface area contributed by atoms with Crippen molar-refractivity contribution < 1.29 is 0 Å². The Morgan fingerprint density at radius 2 is 2.23 bits per heavy atom. The predicted molar refractivity (Wildman–Crippen MR) is 59.1 cm³/mol. The molecule has 0 atom stereocenters. The maximum absolute atomic E-state index is 5.56. The molecule has 1 aliphatic carbocycles. The summed E-state index contributed by atoms with van der Waals surface area (Å²) in [6.07, 6.45) is 4.30. The molecule has 0 aromatic carbocycles. The first-order chi connectivity index (χ1) is 6.28. The number of hydrogen-bond donors (Lipinski definition) is 1. The van der Waals surface area contributed by atoms with Gasteiger partial charge < -0.3 is 10.6 Å². The van der Waals surface area contributed by atoms with Gasteiger partial charge in [-0.1, -0.05) is 15.9 Å². The Bertz CT molecular complexity index is 178. The van der Waals surface area contributed by atoms with Crippen molar-refractivity contribution in [2.75, 3.05) is 31.5 Å². The maximum atomic E-state index is 5.56. The van der Waals surface area contributed by atoms with E-state index >= 15 is 0 Å². The average molecular weight is 247 g/mol. The summed E-state index contributed by atoms with van der Waals surface area (Å²) in [4.78, 5) is 2.53. The lowest BCUT2D eigenvalue weighted by atomic mass is 9.62. The number of hydrogen-bond acceptors (Lipinski definition) is 2. The van der Waals surface area contributed by atoms with Crippen molar-refractivity contribution in [3.63, 3.8) is 0 Å². The molecule has 0 aromatic rings. The number of nitrogens with two attached hydrogens (primary N) is 1. The van der Waals surface area contributed by atoms with E-state index in [2.05, 4.69) is 20.8 Å². The number of nitrogens with zero attached hydrogens (tertiary/aromatic N) is 1. The Kier molecular flexibility index (Phi) is 2.96. The summed E-state index contributed by atoms with van der Waals surface area (Å²) in [6, 6.07) is 0. The van der Waals surface area contributed by atoms with Gasteiger partial charge in [-0.2, -0.15) is 0 Å². The monoisotopic (exact) mass is 246 g/mol. The van der Waals surface area contributed by atoms with Crippen LogP contribution in [0.1, 0.15) is 19.3 Å². The van der Waals surface area contributed by atoms with E-state index in [1.807, 2.05) is 0 Å². The van der Waals surface area contributed by atoms with E-state index < -0.39 is 0 Å². The lowest BCUT2D eigenvalue weighted by Gasteiger charge is -2.44. The van der Waals surface area contributed by atoms with Crippen LogP contribution in [-0.4, -0.2) is 36.4 Å². The molecule has 1 spiro atoms. The molecule has 3 heteroatoms. The Balaban J connectivity index is 1.79. The molecule has 0 unspecified atom stereocenters. The van der Waals surface area contributed by atoms with Crippen LogP contribution in [0.15, 0.2) is 0 Å². The highest BCUT2D eigenvalue weighted by Gasteiger charge is 2.47. The van der Waals surface area contributed by atoms with Crippen LogP contribution in [0.25, 0.3) is 0 Å². The fourth-order valence-corrected chi connectivity index (χ4v) is 3.47. The van der Waals surface area contributed by atoms with Crippen LogP contribution in [0.3, 0.4) is 0 Å². The smallest absolute Gasteiger partial charge is 0.0105 e. The third-order valence-electron chi connectivity index (χ3n) is 3.62. The van der Waals surface area contributed by atoms with Gasteiger partial charge in [-0.05, 0) is 37.1 Å². The highest BCUT2D eigenvalue weighted by molar-refractivity contribution is 9.09. The minimum Gasteiger partial charge on any atom is -0.329 e. The summed E-state index contributed by atoms with van der Waals surface area (Å²) in [6.45, 7) is 4.51. The van der Waals surface area contributed by atoms with Gasteiger partial charge in [0.25, 0.3) is 0 Å². The van der Waals surface area contributed by atoms with Gasteiger partial charge in [0.15, 0.2) is 0 Å². The van der Waals surface area contributed by atoms with E-state index in [0.29, 0.717) is 5.41 Å². The van der Waals surface area contributed by atoms with Crippen molar-refractivity contribution in [1.29, 1.82) is 0 Å². The van der Waals surface area contributed by atoms with E-state index in [-0.39, 0.29) is 0 Å². The molecule has 2 aliphatic rings. The Morgan fingerprint density at radius 3 is 2.85 bits per heavy atom. The first kappa shape index (κ1) is 9.94. The van der Waals surface area contributed by atoms with E-state index in [1.165, 1.54) is 37.7 Å². The normalized spacial score (nSPS) is 39.7. The Hall–Kier alpha value is 0.400. The summed E-state index contributed by atoms with van der Waals surface area (Å²) < 4.78 is 0. The fraction of sp³-hybridized carbons (Fsp3) is 1.00. The largest absolute Gasteiger partial charge is 0.329 e. The van der Waals surface area contributed by atoms with Crippen LogP contribution in [0.5, 0.6) is 0 Å². The zero-order valence-corrected chi connectivity index (χ0v) is 9.72. The summed E-state index contributed by atoms with van der Waals surface area (Å²) in [5, 5.41) is 1.20. The number of halogens is 1. The Morgan fingerprint density at radius 1 is 1.46 bits per heavy atom. The van der Waals surface area contributed by atoms with Crippen LogP contribution in [0.4, 0.5) is 0 Å². The molecule has 2 nitrogen and oxygen atoms in total. The SMILES string of the molecule is NCCN1CCC2(CC(CBr)C2)C1. The summed E-state index contributed by atoms with van der Waals surface area (Å²) >= 11 is 3.57. The molecule has 13 heavy (non-hydrogen) atoms. The van der Waals surface area contributed by atoms with Crippen molar-refractivity contribution in [2.24, 2.45) is 17.1 Å². The van der Waals surface area contributed by atoms with Crippen molar-refractivity contribution in [1.82, 2.24) is 4.90 Å². The summed E-state index contributed by atoms with van der Waals surface area (Å²) in [5.41, 5.74) is 6.26. The molecule has 2 N–H and O–H groups in total. The van der Waals surface area contributed by atoms with E-state index in [0.717, 1.165) is 19.0 Å². The molecule has 0 radical (unpaired) electrons. The summed E-state index contributed by atoms with van der Waals surface area (Å²) in [7, 11) is 0. The lowest BCUT2D eigenvalue weighted by Crippen LogP contribution is -2.41. The summed E-state index contributed by atoms with van der Waals surface area (Å²) in [5.74, 6) is 0.956. The van der Waals surface area contributed by atoms with Gasteiger partial charge in [-0.15, -0.1) is 0 Å².